The predicted octanol–water partition coefficient (Wildman–Crippen LogP) is 3.34. The van der Waals surface area contributed by atoms with Crippen LogP contribution in [-0.2, 0) is 17.6 Å². The first-order valence-corrected chi connectivity index (χ1v) is 7.33. The molecule has 0 bridgehead atoms. The molecule has 1 aromatic carbocycles. The normalized spacial score (nSPS) is 11.9. The van der Waals surface area contributed by atoms with Crippen LogP contribution in [0.1, 0.15) is 11.1 Å². The molecule has 110 valence electrons. The average Bonchev–Trinajstić information content (AvgIpc) is 2.47. The molecule has 0 aliphatic heterocycles. The molecular formula is C16H16BrNO3. The molecule has 5 heteroatoms. The molecule has 1 heterocycles. The van der Waals surface area contributed by atoms with Crippen molar-refractivity contribution in [2.75, 3.05) is 7.11 Å². The first-order valence-electron chi connectivity index (χ1n) is 6.54. The lowest BCUT2D eigenvalue weighted by Crippen LogP contribution is -2.19. The van der Waals surface area contributed by atoms with Crippen LogP contribution in [0.15, 0.2) is 47.2 Å². The van der Waals surface area contributed by atoms with E-state index in [1.807, 2.05) is 30.3 Å². The number of benzene rings is 1. The molecule has 1 N–H and O–H groups in total. The van der Waals surface area contributed by atoms with E-state index in [0.717, 1.165) is 21.3 Å². The largest absolute Gasteiger partial charge is 0.496 e. The van der Waals surface area contributed by atoms with Crippen LogP contribution >= 0.6 is 15.9 Å². The van der Waals surface area contributed by atoms with E-state index in [0.29, 0.717) is 12.8 Å². The SMILES string of the molecule is COc1ccccc1CC(Cc1cncc(Br)c1)C(=O)O. The Kier molecular flexibility index (Phi) is 5.33. The molecule has 1 aromatic heterocycles. The number of nitrogens with zero attached hydrogens (tertiary/aromatic N) is 1. The lowest BCUT2D eigenvalue weighted by Gasteiger charge is -2.14. The van der Waals surface area contributed by atoms with Crippen LogP contribution in [0.4, 0.5) is 0 Å². The maximum Gasteiger partial charge on any atom is 0.307 e. The van der Waals surface area contributed by atoms with Gasteiger partial charge in [0, 0.05) is 16.9 Å². The van der Waals surface area contributed by atoms with Gasteiger partial charge < -0.3 is 9.84 Å². The summed E-state index contributed by atoms with van der Waals surface area (Å²) in [4.78, 5) is 15.6. The van der Waals surface area contributed by atoms with E-state index >= 15 is 0 Å². The first kappa shape index (κ1) is 15.5. The summed E-state index contributed by atoms with van der Waals surface area (Å²) in [7, 11) is 1.59. The van der Waals surface area contributed by atoms with Gasteiger partial charge in [-0.05, 0) is 52.0 Å². The second-order valence-corrected chi connectivity index (χ2v) is 5.68. The number of halogens is 1. The van der Waals surface area contributed by atoms with Crippen molar-refractivity contribution in [2.24, 2.45) is 5.92 Å². The molecule has 0 radical (unpaired) electrons. The smallest absolute Gasteiger partial charge is 0.307 e. The number of pyridine rings is 1. The highest BCUT2D eigenvalue weighted by Gasteiger charge is 2.20. The van der Waals surface area contributed by atoms with Crippen LogP contribution in [0.25, 0.3) is 0 Å². The molecule has 2 rings (SSSR count). The number of methoxy groups -OCH3 is 1. The summed E-state index contributed by atoms with van der Waals surface area (Å²) < 4.78 is 6.13. The Bertz CT molecular complexity index is 630. The standard InChI is InChI=1S/C16H16BrNO3/c1-21-15-5-3-2-4-12(15)8-13(16(19)20)6-11-7-14(17)10-18-9-11/h2-5,7,9-10,13H,6,8H2,1H3,(H,19,20). The first-order chi connectivity index (χ1) is 10.1. The maximum absolute atomic E-state index is 11.5. The Morgan fingerprint density at radius 2 is 2.10 bits per heavy atom. The van der Waals surface area contributed by atoms with Crippen molar-refractivity contribution >= 4 is 21.9 Å². The van der Waals surface area contributed by atoms with Crippen LogP contribution in [0.5, 0.6) is 5.75 Å². The van der Waals surface area contributed by atoms with Crippen LogP contribution in [0.2, 0.25) is 0 Å². The summed E-state index contributed by atoms with van der Waals surface area (Å²) in [6.07, 6.45) is 4.23. The van der Waals surface area contributed by atoms with Crippen molar-refractivity contribution in [2.45, 2.75) is 12.8 Å². The van der Waals surface area contributed by atoms with Crippen molar-refractivity contribution in [3.05, 3.63) is 58.3 Å². The third kappa shape index (κ3) is 4.29. The maximum atomic E-state index is 11.5. The lowest BCUT2D eigenvalue weighted by atomic mass is 9.93. The Labute approximate surface area is 131 Å². The topological polar surface area (TPSA) is 59.4 Å². The van der Waals surface area contributed by atoms with Gasteiger partial charge in [-0.15, -0.1) is 0 Å². The molecule has 0 saturated carbocycles. The van der Waals surface area contributed by atoms with E-state index in [9.17, 15) is 9.90 Å². The zero-order chi connectivity index (χ0) is 15.2. The molecule has 0 fully saturated rings. The third-order valence-corrected chi connectivity index (χ3v) is 3.69. The monoisotopic (exact) mass is 349 g/mol. The minimum atomic E-state index is -0.819. The van der Waals surface area contributed by atoms with Crippen molar-refractivity contribution in [1.29, 1.82) is 0 Å². The highest BCUT2D eigenvalue weighted by Crippen LogP contribution is 2.23. The van der Waals surface area contributed by atoms with Crippen molar-refractivity contribution in [3.63, 3.8) is 0 Å². The average molecular weight is 350 g/mol. The number of hydrogen-bond acceptors (Lipinski definition) is 3. The van der Waals surface area contributed by atoms with E-state index in [2.05, 4.69) is 20.9 Å². The van der Waals surface area contributed by atoms with E-state index in [1.54, 1.807) is 19.5 Å². The van der Waals surface area contributed by atoms with E-state index in [-0.39, 0.29) is 0 Å². The van der Waals surface area contributed by atoms with Crippen molar-refractivity contribution < 1.29 is 14.6 Å². The van der Waals surface area contributed by atoms with Gasteiger partial charge in [0.2, 0.25) is 0 Å². The van der Waals surface area contributed by atoms with Gasteiger partial charge in [-0.25, -0.2) is 0 Å². The number of carboxylic acid groups (broad SMARTS) is 1. The fourth-order valence-electron chi connectivity index (χ4n) is 2.24. The van der Waals surface area contributed by atoms with Gasteiger partial charge in [-0.1, -0.05) is 18.2 Å². The Hall–Kier alpha value is -1.88. The van der Waals surface area contributed by atoms with Gasteiger partial charge in [0.15, 0.2) is 0 Å². The van der Waals surface area contributed by atoms with Crippen LogP contribution < -0.4 is 4.74 Å². The highest BCUT2D eigenvalue weighted by atomic mass is 79.9. The number of aliphatic carboxylic acids is 1. The molecular weight excluding hydrogens is 334 g/mol. The van der Waals surface area contributed by atoms with Gasteiger partial charge in [0.25, 0.3) is 0 Å². The van der Waals surface area contributed by atoms with Gasteiger partial charge in [0.05, 0.1) is 13.0 Å². The van der Waals surface area contributed by atoms with Crippen LogP contribution in [0.3, 0.4) is 0 Å². The number of aromatic nitrogens is 1. The molecule has 1 atom stereocenters. The number of para-hydroxylation sites is 1. The summed E-state index contributed by atoms with van der Waals surface area (Å²) in [5.41, 5.74) is 1.79. The van der Waals surface area contributed by atoms with E-state index in [1.165, 1.54) is 0 Å². The fourth-order valence-corrected chi connectivity index (χ4v) is 2.65. The minimum absolute atomic E-state index is 0.422. The highest BCUT2D eigenvalue weighted by molar-refractivity contribution is 9.10. The second kappa shape index (κ2) is 7.22. The molecule has 0 spiro atoms. The zero-order valence-electron chi connectivity index (χ0n) is 11.6. The predicted molar refractivity (Wildman–Crippen MR) is 83.5 cm³/mol. The number of carboxylic acids is 1. The summed E-state index contributed by atoms with van der Waals surface area (Å²) in [6, 6.07) is 9.39. The fraction of sp³-hybridized carbons (Fsp3) is 0.250. The number of rotatable bonds is 6. The van der Waals surface area contributed by atoms with Crippen molar-refractivity contribution in [1.82, 2.24) is 4.98 Å². The molecule has 0 amide bonds. The molecule has 2 aromatic rings. The lowest BCUT2D eigenvalue weighted by molar-refractivity contribution is -0.141. The van der Waals surface area contributed by atoms with Crippen LogP contribution in [0, 0.1) is 5.92 Å². The summed E-state index contributed by atoms with van der Waals surface area (Å²) in [5.74, 6) is -0.616. The number of ether oxygens (including phenoxy) is 1. The minimum Gasteiger partial charge on any atom is -0.496 e. The van der Waals surface area contributed by atoms with Gasteiger partial charge in [-0.2, -0.15) is 0 Å². The second-order valence-electron chi connectivity index (χ2n) is 4.77. The Balaban J connectivity index is 2.18. The number of hydrogen-bond donors (Lipinski definition) is 1. The van der Waals surface area contributed by atoms with Crippen molar-refractivity contribution in [3.8, 4) is 5.75 Å². The Morgan fingerprint density at radius 1 is 1.33 bits per heavy atom. The van der Waals surface area contributed by atoms with Gasteiger partial charge in [0.1, 0.15) is 5.75 Å². The van der Waals surface area contributed by atoms with Crippen LogP contribution in [-0.4, -0.2) is 23.2 Å². The quantitative estimate of drug-likeness (QED) is 0.868. The van der Waals surface area contributed by atoms with Gasteiger partial charge >= 0.3 is 5.97 Å². The molecule has 4 nitrogen and oxygen atoms in total. The zero-order valence-corrected chi connectivity index (χ0v) is 13.2. The Morgan fingerprint density at radius 3 is 2.76 bits per heavy atom. The molecule has 1 unspecified atom stereocenters. The molecule has 21 heavy (non-hydrogen) atoms. The molecule has 0 saturated heterocycles. The summed E-state index contributed by atoms with van der Waals surface area (Å²) in [5, 5.41) is 9.46. The van der Waals surface area contributed by atoms with E-state index < -0.39 is 11.9 Å². The third-order valence-electron chi connectivity index (χ3n) is 3.25. The number of carbonyl (C=O) groups is 1. The molecule has 0 aliphatic carbocycles. The van der Waals surface area contributed by atoms with E-state index in [4.69, 9.17) is 4.74 Å². The summed E-state index contributed by atoms with van der Waals surface area (Å²) >= 11 is 3.35. The summed E-state index contributed by atoms with van der Waals surface area (Å²) in [6.45, 7) is 0. The molecule has 0 aliphatic rings. The van der Waals surface area contributed by atoms with Gasteiger partial charge in [-0.3, -0.25) is 9.78 Å².